The molecular weight excluding hydrogens is 511 g/mol. The Bertz CT molecular complexity index is 1240. The third-order valence-electron chi connectivity index (χ3n) is 5.34. The summed E-state index contributed by atoms with van der Waals surface area (Å²) in [5.74, 6) is -3.40. The van der Waals surface area contributed by atoms with E-state index in [1.807, 2.05) is 0 Å². The Labute approximate surface area is 207 Å². The van der Waals surface area contributed by atoms with Crippen LogP contribution in [0, 0.1) is 5.82 Å². The first-order chi connectivity index (χ1) is 16.6. The number of halogens is 7. The number of aliphatic carboxylic acids is 1. The van der Waals surface area contributed by atoms with Gasteiger partial charge in [0.15, 0.2) is 0 Å². The summed E-state index contributed by atoms with van der Waals surface area (Å²) in [7, 11) is 0. The Balaban J connectivity index is 2.15. The Morgan fingerprint density at radius 1 is 0.917 bits per heavy atom. The van der Waals surface area contributed by atoms with E-state index in [2.05, 4.69) is 17.9 Å². The monoisotopic (exact) mass is 531 g/mol. The standard InChI is InChI=1S/C25H20F7NO2S/c1-13(36)8-20(23(34)35)16-9-15(14-2-4-17(5-3-14)24(27,28)29)10-19(11-16)33-22-7-6-18(26)12-21(22)25(30,31)32/h2-7,9-13,20,33,36H,8H2,1H3,(H,34,35). The molecule has 0 aliphatic carbocycles. The molecule has 0 bridgehead atoms. The zero-order chi connectivity index (χ0) is 26.8. The number of carboxylic acids is 1. The summed E-state index contributed by atoms with van der Waals surface area (Å²) in [6.45, 7) is 1.67. The highest BCUT2D eigenvalue weighted by atomic mass is 32.1. The van der Waals surface area contributed by atoms with Gasteiger partial charge in [-0.3, -0.25) is 4.79 Å². The Morgan fingerprint density at radius 3 is 2.08 bits per heavy atom. The number of carbonyl (C=O) groups is 1. The average molecular weight is 531 g/mol. The van der Waals surface area contributed by atoms with Crippen molar-refractivity contribution in [3.05, 3.63) is 83.2 Å². The Hall–Kier alpha value is -3.21. The number of hydrogen-bond donors (Lipinski definition) is 3. The first-order valence-corrected chi connectivity index (χ1v) is 11.0. The van der Waals surface area contributed by atoms with E-state index in [1.165, 1.54) is 30.3 Å². The van der Waals surface area contributed by atoms with Crippen LogP contribution in [0.5, 0.6) is 0 Å². The molecule has 0 aliphatic rings. The van der Waals surface area contributed by atoms with Crippen LogP contribution in [0.4, 0.5) is 42.1 Å². The van der Waals surface area contributed by atoms with E-state index in [1.54, 1.807) is 6.92 Å². The van der Waals surface area contributed by atoms with Crippen molar-refractivity contribution in [2.24, 2.45) is 0 Å². The highest BCUT2D eigenvalue weighted by Crippen LogP contribution is 2.39. The number of thiol groups is 1. The van der Waals surface area contributed by atoms with Crippen molar-refractivity contribution < 1.29 is 40.6 Å². The first kappa shape index (κ1) is 27.4. The second-order valence-corrected chi connectivity index (χ2v) is 9.09. The van der Waals surface area contributed by atoms with E-state index in [-0.39, 0.29) is 34.0 Å². The first-order valence-electron chi connectivity index (χ1n) is 10.5. The predicted molar refractivity (Wildman–Crippen MR) is 125 cm³/mol. The molecule has 0 saturated carbocycles. The minimum absolute atomic E-state index is 0.0394. The van der Waals surface area contributed by atoms with Gasteiger partial charge in [0, 0.05) is 5.69 Å². The maximum Gasteiger partial charge on any atom is 0.418 e. The van der Waals surface area contributed by atoms with Crippen LogP contribution in [0.15, 0.2) is 60.7 Å². The summed E-state index contributed by atoms with van der Waals surface area (Å²) >= 11 is 4.23. The van der Waals surface area contributed by atoms with Gasteiger partial charge < -0.3 is 10.4 Å². The molecule has 0 fully saturated rings. The minimum atomic E-state index is -4.89. The molecule has 0 aromatic heterocycles. The van der Waals surface area contributed by atoms with Crippen molar-refractivity contribution in [2.45, 2.75) is 36.9 Å². The van der Waals surface area contributed by atoms with Gasteiger partial charge in [0.1, 0.15) is 5.82 Å². The summed E-state index contributed by atoms with van der Waals surface area (Å²) in [5.41, 5.74) is -1.84. The molecule has 2 unspecified atom stereocenters. The van der Waals surface area contributed by atoms with E-state index in [0.717, 1.165) is 24.3 Å². The van der Waals surface area contributed by atoms with Crippen LogP contribution >= 0.6 is 12.6 Å². The van der Waals surface area contributed by atoms with Gasteiger partial charge in [-0.15, -0.1) is 0 Å². The molecule has 0 heterocycles. The van der Waals surface area contributed by atoms with Gasteiger partial charge in [-0.25, -0.2) is 4.39 Å². The lowest BCUT2D eigenvalue weighted by Gasteiger charge is -2.20. The lowest BCUT2D eigenvalue weighted by atomic mass is 9.90. The van der Waals surface area contributed by atoms with Crippen LogP contribution in [0.2, 0.25) is 0 Å². The van der Waals surface area contributed by atoms with Gasteiger partial charge in [-0.05, 0) is 70.8 Å². The summed E-state index contributed by atoms with van der Waals surface area (Å²) < 4.78 is 92.9. The zero-order valence-corrected chi connectivity index (χ0v) is 19.5. The third kappa shape index (κ3) is 6.71. The highest BCUT2D eigenvalue weighted by molar-refractivity contribution is 7.80. The van der Waals surface area contributed by atoms with E-state index in [0.29, 0.717) is 6.07 Å². The fraction of sp³-hybridized carbons (Fsp3) is 0.240. The van der Waals surface area contributed by atoms with Crippen LogP contribution in [-0.4, -0.2) is 16.3 Å². The quantitative estimate of drug-likeness (QED) is 0.213. The molecule has 11 heteroatoms. The summed E-state index contributed by atoms with van der Waals surface area (Å²) in [6, 6.07) is 10.3. The lowest BCUT2D eigenvalue weighted by Crippen LogP contribution is -2.15. The second-order valence-electron chi connectivity index (χ2n) is 8.21. The van der Waals surface area contributed by atoms with Gasteiger partial charge in [0.2, 0.25) is 0 Å². The van der Waals surface area contributed by atoms with Crippen molar-refractivity contribution >= 4 is 30.0 Å². The minimum Gasteiger partial charge on any atom is -0.481 e. The van der Waals surface area contributed by atoms with Gasteiger partial charge in [-0.2, -0.15) is 39.0 Å². The average Bonchev–Trinajstić information content (AvgIpc) is 2.77. The van der Waals surface area contributed by atoms with Crippen LogP contribution in [-0.2, 0) is 17.1 Å². The van der Waals surface area contributed by atoms with Gasteiger partial charge in [-0.1, -0.05) is 25.1 Å². The highest BCUT2D eigenvalue weighted by Gasteiger charge is 2.34. The molecule has 2 atom stereocenters. The number of carboxylic acid groups (broad SMARTS) is 1. The molecule has 2 N–H and O–H groups in total. The number of alkyl halides is 6. The zero-order valence-electron chi connectivity index (χ0n) is 18.6. The summed E-state index contributed by atoms with van der Waals surface area (Å²) in [6.07, 6.45) is -9.37. The normalized spacial score (nSPS) is 13.8. The van der Waals surface area contributed by atoms with Crippen LogP contribution in [0.1, 0.15) is 36.0 Å². The number of hydrogen-bond acceptors (Lipinski definition) is 3. The lowest BCUT2D eigenvalue weighted by molar-refractivity contribution is -0.139. The molecule has 3 rings (SSSR count). The van der Waals surface area contributed by atoms with E-state index < -0.39 is 46.9 Å². The number of nitrogens with one attached hydrogen (secondary N) is 1. The largest absolute Gasteiger partial charge is 0.481 e. The van der Waals surface area contributed by atoms with E-state index >= 15 is 0 Å². The summed E-state index contributed by atoms with van der Waals surface area (Å²) in [5, 5.41) is 12.0. The molecule has 3 aromatic rings. The molecular formula is C25H20F7NO2S. The molecule has 0 spiro atoms. The topological polar surface area (TPSA) is 49.3 Å². The van der Waals surface area contributed by atoms with Crippen molar-refractivity contribution in [2.75, 3.05) is 5.32 Å². The third-order valence-corrected chi connectivity index (χ3v) is 5.56. The second kappa shape index (κ2) is 10.4. The van der Waals surface area contributed by atoms with Crippen molar-refractivity contribution in [1.29, 1.82) is 0 Å². The summed E-state index contributed by atoms with van der Waals surface area (Å²) in [4.78, 5) is 12.0. The van der Waals surface area contributed by atoms with E-state index in [9.17, 15) is 40.6 Å². The number of rotatable bonds is 7. The smallest absolute Gasteiger partial charge is 0.418 e. The van der Waals surface area contributed by atoms with Crippen LogP contribution < -0.4 is 5.32 Å². The predicted octanol–water partition coefficient (Wildman–Crippen LogP) is 8.15. The van der Waals surface area contributed by atoms with Gasteiger partial charge in [0.05, 0.1) is 22.7 Å². The molecule has 3 nitrogen and oxygen atoms in total. The molecule has 36 heavy (non-hydrogen) atoms. The van der Waals surface area contributed by atoms with Crippen LogP contribution in [0.25, 0.3) is 11.1 Å². The van der Waals surface area contributed by atoms with E-state index in [4.69, 9.17) is 0 Å². The molecule has 3 aromatic carbocycles. The SMILES string of the molecule is CC(S)CC(C(=O)O)c1cc(Nc2ccc(F)cc2C(F)(F)F)cc(-c2ccc(C(F)(F)F)cc2)c1. The van der Waals surface area contributed by atoms with Crippen molar-refractivity contribution in [3.8, 4) is 11.1 Å². The fourth-order valence-electron chi connectivity index (χ4n) is 3.68. The fourth-order valence-corrected chi connectivity index (χ4v) is 3.89. The van der Waals surface area contributed by atoms with Crippen LogP contribution in [0.3, 0.4) is 0 Å². The maximum absolute atomic E-state index is 13.5. The molecule has 0 radical (unpaired) electrons. The number of benzene rings is 3. The Morgan fingerprint density at radius 2 is 1.56 bits per heavy atom. The molecule has 192 valence electrons. The number of anilines is 2. The maximum atomic E-state index is 13.5. The van der Waals surface area contributed by atoms with Crippen molar-refractivity contribution in [1.82, 2.24) is 0 Å². The molecule has 0 amide bonds. The van der Waals surface area contributed by atoms with Gasteiger partial charge >= 0.3 is 18.3 Å². The molecule has 0 saturated heterocycles. The Kier molecular flexibility index (Phi) is 7.92. The van der Waals surface area contributed by atoms with Gasteiger partial charge in [0.25, 0.3) is 0 Å². The van der Waals surface area contributed by atoms with Crippen molar-refractivity contribution in [3.63, 3.8) is 0 Å². The molecule has 0 aliphatic heterocycles.